The van der Waals surface area contributed by atoms with Crippen LogP contribution < -0.4 is 0 Å². The highest BCUT2D eigenvalue weighted by Gasteiger charge is 2.20. The molecule has 0 spiro atoms. The fourth-order valence-corrected chi connectivity index (χ4v) is 2.83. The Morgan fingerprint density at radius 3 is 2.18 bits per heavy atom. The van der Waals surface area contributed by atoms with E-state index >= 15 is 0 Å². The van der Waals surface area contributed by atoms with E-state index in [2.05, 4.69) is 12.1 Å². The lowest BCUT2D eigenvalue weighted by Crippen LogP contribution is -2.17. The van der Waals surface area contributed by atoms with Crippen molar-refractivity contribution in [2.45, 2.75) is 12.6 Å². The molecule has 0 unspecified atom stereocenters. The monoisotopic (exact) mass is 204 g/mol. The zero-order valence-corrected chi connectivity index (χ0v) is 8.86. The van der Waals surface area contributed by atoms with Gasteiger partial charge in [-0.05, 0) is 18.2 Å². The third-order valence-electron chi connectivity index (χ3n) is 1.36. The molecule has 0 heterocycles. The van der Waals surface area contributed by atoms with Gasteiger partial charge in [-0.25, -0.2) is 0 Å². The van der Waals surface area contributed by atoms with Crippen molar-refractivity contribution in [3.05, 3.63) is 35.9 Å². The van der Waals surface area contributed by atoms with Crippen molar-refractivity contribution in [1.82, 2.24) is 0 Å². The fraction of sp³-hybridized carbons (Fsp3) is 0.250. The average Bonchev–Trinajstić information content (AvgIpc) is 1.85. The van der Waals surface area contributed by atoms with E-state index in [1.165, 1.54) is 5.56 Å². The van der Waals surface area contributed by atoms with Gasteiger partial charge in [-0.1, -0.05) is 30.3 Å². The smallest absolute Gasteiger partial charge is 0.146 e. The van der Waals surface area contributed by atoms with Gasteiger partial charge in [0.2, 0.25) is 0 Å². The summed E-state index contributed by atoms with van der Waals surface area (Å²) in [5, 5.41) is 0. The summed E-state index contributed by atoms with van der Waals surface area (Å²) in [5.74, 6) is 0. The molecule has 0 atom stereocenters. The van der Waals surface area contributed by atoms with Crippen molar-refractivity contribution in [3.8, 4) is 0 Å². The van der Waals surface area contributed by atoms with Gasteiger partial charge in [0.1, 0.15) is 0 Å². The lowest BCUT2D eigenvalue weighted by Gasteiger charge is -2.08. The summed E-state index contributed by atoms with van der Waals surface area (Å²) < 4.78 is 0. The molecule has 0 saturated carbocycles. The molecule has 0 fully saturated rings. The molecule has 0 saturated heterocycles. The van der Waals surface area contributed by atoms with E-state index in [-0.39, 0.29) is 0 Å². The van der Waals surface area contributed by atoms with Crippen LogP contribution >= 0.6 is 22.2 Å². The Morgan fingerprint density at radius 2 is 1.73 bits per heavy atom. The molecule has 1 aromatic carbocycles. The zero-order chi connectivity index (χ0) is 8.32. The summed E-state index contributed by atoms with van der Waals surface area (Å²) in [6, 6.07) is 10.9. The second kappa shape index (κ2) is 3.61. The molecule has 11 heavy (non-hydrogen) atoms. The molecule has 0 N–H and O–H groups in total. The minimum Gasteiger partial charge on any atom is -0.146 e. The van der Waals surface area contributed by atoms with Crippen LogP contribution in [-0.2, 0) is 6.04 Å². The maximum absolute atomic E-state index is 5.97. The van der Waals surface area contributed by atoms with Crippen LogP contribution in [0.15, 0.2) is 30.3 Å². The molecule has 1 aromatic rings. The van der Waals surface area contributed by atoms with Crippen molar-refractivity contribution in [3.63, 3.8) is 0 Å². The lowest BCUT2D eigenvalue weighted by atomic mass is 10.2. The topological polar surface area (TPSA) is 0 Å². The van der Waals surface area contributed by atoms with Crippen molar-refractivity contribution in [1.29, 1.82) is 0 Å². The Kier molecular flexibility index (Phi) is 2.99. The largest absolute Gasteiger partial charge is 0.252 e. The van der Waals surface area contributed by atoms with Crippen LogP contribution in [-0.4, -0.2) is 6.69 Å². The van der Waals surface area contributed by atoms with Crippen LogP contribution in [0.3, 0.4) is 0 Å². The van der Waals surface area contributed by atoms with Crippen LogP contribution in [0, 0.1) is 0 Å². The second-order valence-corrected chi connectivity index (χ2v) is 10.8. The van der Waals surface area contributed by atoms with Gasteiger partial charge in [0, 0.05) is 0 Å². The minimum atomic E-state index is -1.95. The molecule has 1 rings (SSSR count). The number of halogens is 2. The van der Waals surface area contributed by atoms with Crippen LogP contribution in [0.2, 0.25) is 6.55 Å². The van der Waals surface area contributed by atoms with Crippen LogP contribution in [0.1, 0.15) is 5.56 Å². The van der Waals surface area contributed by atoms with Gasteiger partial charge < -0.3 is 0 Å². The van der Waals surface area contributed by atoms with Gasteiger partial charge in [-0.3, -0.25) is 0 Å². The van der Waals surface area contributed by atoms with Gasteiger partial charge in [-0.15, -0.1) is 22.2 Å². The van der Waals surface area contributed by atoms with Crippen molar-refractivity contribution in [2.75, 3.05) is 0 Å². The third kappa shape index (κ3) is 3.80. The molecule has 3 heteroatoms. The highest BCUT2D eigenvalue weighted by molar-refractivity contribution is 7.44. The van der Waals surface area contributed by atoms with E-state index in [1.807, 2.05) is 24.7 Å². The predicted octanol–water partition coefficient (Wildman–Crippen LogP) is 3.32. The van der Waals surface area contributed by atoms with Crippen LogP contribution in [0.25, 0.3) is 0 Å². The molecule has 0 amide bonds. The standard InChI is InChI=1S/C8H10Cl2Si/c1-11(9,10)7-8-5-3-2-4-6-8/h2-6H,7H2,1H3. The average molecular weight is 205 g/mol. The molecule has 0 aliphatic rings. The fourth-order valence-electron chi connectivity index (χ4n) is 0.954. The first kappa shape index (κ1) is 9.11. The summed E-state index contributed by atoms with van der Waals surface area (Å²) in [5.41, 5.74) is 1.23. The Bertz CT molecular complexity index is 215. The summed E-state index contributed by atoms with van der Waals surface area (Å²) in [4.78, 5) is 0. The molecule has 0 radical (unpaired) electrons. The number of rotatable bonds is 2. The van der Waals surface area contributed by atoms with E-state index in [4.69, 9.17) is 22.2 Å². The van der Waals surface area contributed by atoms with E-state index in [1.54, 1.807) is 0 Å². The van der Waals surface area contributed by atoms with Gasteiger partial charge in [0.15, 0.2) is 0 Å². The van der Waals surface area contributed by atoms with Crippen LogP contribution in [0.5, 0.6) is 0 Å². The minimum absolute atomic E-state index is 0.830. The van der Waals surface area contributed by atoms with Crippen molar-refractivity contribution < 1.29 is 0 Å². The molecule has 0 aliphatic heterocycles. The van der Waals surface area contributed by atoms with Crippen molar-refractivity contribution >= 4 is 28.9 Å². The quantitative estimate of drug-likeness (QED) is 0.513. The maximum atomic E-state index is 5.97. The second-order valence-electron chi connectivity index (χ2n) is 2.73. The van der Waals surface area contributed by atoms with Crippen molar-refractivity contribution in [2.24, 2.45) is 0 Å². The normalized spacial score (nSPS) is 11.5. The van der Waals surface area contributed by atoms with E-state index < -0.39 is 6.69 Å². The third-order valence-corrected chi connectivity index (χ3v) is 3.19. The van der Waals surface area contributed by atoms with Gasteiger partial charge >= 0.3 is 0 Å². The summed E-state index contributed by atoms with van der Waals surface area (Å²) in [6.07, 6.45) is 0. The first-order valence-corrected chi connectivity index (χ1v) is 8.23. The maximum Gasteiger partial charge on any atom is 0.252 e. The summed E-state index contributed by atoms with van der Waals surface area (Å²) in [7, 11) is 0. The van der Waals surface area contributed by atoms with Gasteiger partial charge in [0.25, 0.3) is 6.69 Å². The summed E-state index contributed by atoms with van der Waals surface area (Å²) in [6.45, 7) is -0.0200. The molecule has 0 bridgehead atoms. The number of hydrogen-bond acceptors (Lipinski definition) is 0. The number of benzene rings is 1. The molecule has 60 valence electrons. The zero-order valence-electron chi connectivity index (χ0n) is 6.35. The van der Waals surface area contributed by atoms with E-state index in [9.17, 15) is 0 Å². The molecular formula is C8H10Cl2Si. The first-order chi connectivity index (χ1) is 5.08. The van der Waals surface area contributed by atoms with E-state index in [0.717, 1.165) is 6.04 Å². The highest BCUT2D eigenvalue weighted by Crippen LogP contribution is 2.19. The molecule has 0 aromatic heterocycles. The van der Waals surface area contributed by atoms with Crippen LogP contribution in [0.4, 0.5) is 0 Å². The van der Waals surface area contributed by atoms with E-state index in [0.29, 0.717) is 0 Å². The summed E-state index contributed by atoms with van der Waals surface area (Å²) >= 11 is 11.9. The molecule has 0 nitrogen and oxygen atoms in total. The molecule has 0 aliphatic carbocycles. The first-order valence-electron chi connectivity index (χ1n) is 3.50. The Labute approximate surface area is 77.6 Å². The number of hydrogen-bond donors (Lipinski definition) is 0. The Balaban J connectivity index is 2.66. The van der Waals surface area contributed by atoms with Gasteiger partial charge in [0.05, 0.1) is 0 Å². The van der Waals surface area contributed by atoms with Gasteiger partial charge in [-0.2, -0.15) is 0 Å². The lowest BCUT2D eigenvalue weighted by molar-refractivity contribution is 1.37. The molecular weight excluding hydrogens is 195 g/mol. The Morgan fingerprint density at radius 1 is 1.18 bits per heavy atom. The SMILES string of the molecule is C[Si](Cl)(Cl)Cc1ccccc1. The predicted molar refractivity (Wildman–Crippen MR) is 53.5 cm³/mol. The Hall–Kier alpha value is 0.0169. The highest BCUT2D eigenvalue weighted by atomic mass is 35.7.